The maximum absolute atomic E-state index is 12.3. The lowest BCUT2D eigenvalue weighted by Crippen LogP contribution is -2.50. The fraction of sp³-hybridized carbons (Fsp3) is 0.385. The predicted octanol–water partition coefficient (Wildman–Crippen LogP) is 0.691. The third-order valence-corrected chi connectivity index (χ3v) is 4.19. The lowest BCUT2D eigenvalue weighted by molar-refractivity contribution is -0.118. The van der Waals surface area contributed by atoms with E-state index in [-0.39, 0.29) is 18.0 Å². The molecule has 1 atom stereocenters. The Bertz CT molecular complexity index is 758. The van der Waals surface area contributed by atoms with Gasteiger partial charge in [-0.3, -0.25) is 4.79 Å². The van der Waals surface area contributed by atoms with Gasteiger partial charge in [-0.15, -0.1) is 0 Å². The van der Waals surface area contributed by atoms with Gasteiger partial charge < -0.3 is 16.0 Å². The van der Waals surface area contributed by atoms with Crippen molar-refractivity contribution in [3.63, 3.8) is 0 Å². The number of fused-ring (bicyclic) bond motifs is 1. The van der Waals surface area contributed by atoms with Crippen molar-refractivity contribution in [2.45, 2.75) is 33.4 Å². The van der Waals surface area contributed by atoms with Crippen molar-refractivity contribution in [1.29, 1.82) is 0 Å². The zero-order valence-corrected chi connectivity index (χ0v) is 13.2. The van der Waals surface area contributed by atoms with Gasteiger partial charge in [0.1, 0.15) is 5.01 Å². The second-order valence-electron chi connectivity index (χ2n) is 5.12. The molecule has 0 radical (unpaired) electrons. The number of imidazole rings is 1. The number of urea groups is 1. The molecule has 0 saturated heterocycles. The van der Waals surface area contributed by atoms with Gasteiger partial charge in [0, 0.05) is 5.70 Å². The Hall–Kier alpha value is -2.42. The number of rotatable bonds is 3. The zero-order chi connectivity index (χ0) is 15.9. The average molecular weight is 320 g/mol. The molecular weight excluding hydrogens is 304 g/mol. The smallest absolute Gasteiger partial charge is 0.319 e. The van der Waals surface area contributed by atoms with Gasteiger partial charge in [0.25, 0.3) is 5.91 Å². The largest absolute Gasteiger partial charge is 0.346 e. The van der Waals surface area contributed by atoms with Gasteiger partial charge in [0.05, 0.1) is 30.1 Å². The minimum atomic E-state index is -0.330. The first kappa shape index (κ1) is 14.5. The number of hydrogen-bond donors (Lipinski definition) is 3. The standard InChI is InChI=1S/C13H16N6O2S/c1-6-10(7(2)16-12(21)15-6)11(20)14-4-9-5-19-13(17-9)22-8(3)18-19/h5-6H,4H2,1-3H3,(H,14,20)(H2,15,16,21)/t6-/m0/s1. The third kappa shape index (κ3) is 2.67. The Kier molecular flexibility index (Phi) is 3.57. The molecular formula is C13H16N6O2S. The van der Waals surface area contributed by atoms with E-state index in [4.69, 9.17) is 0 Å². The third-order valence-electron chi connectivity index (χ3n) is 3.35. The molecule has 0 unspecified atom stereocenters. The number of amides is 3. The first-order chi connectivity index (χ1) is 10.4. The van der Waals surface area contributed by atoms with Gasteiger partial charge in [-0.2, -0.15) is 5.10 Å². The Morgan fingerprint density at radius 1 is 1.50 bits per heavy atom. The molecule has 0 aliphatic carbocycles. The van der Waals surface area contributed by atoms with Gasteiger partial charge in [-0.1, -0.05) is 11.3 Å². The highest BCUT2D eigenvalue weighted by atomic mass is 32.1. The Balaban J connectivity index is 1.70. The lowest BCUT2D eigenvalue weighted by Gasteiger charge is -2.25. The number of hydrogen-bond acceptors (Lipinski definition) is 5. The van der Waals surface area contributed by atoms with E-state index in [9.17, 15) is 9.59 Å². The van der Waals surface area contributed by atoms with E-state index < -0.39 is 0 Å². The second-order valence-corrected chi connectivity index (χ2v) is 6.28. The second kappa shape index (κ2) is 5.41. The molecule has 0 fully saturated rings. The van der Waals surface area contributed by atoms with Crippen molar-refractivity contribution >= 4 is 28.2 Å². The first-order valence-electron chi connectivity index (χ1n) is 6.82. The average Bonchev–Trinajstić information content (AvgIpc) is 2.91. The van der Waals surface area contributed by atoms with Crippen LogP contribution in [-0.2, 0) is 11.3 Å². The highest BCUT2D eigenvalue weighted by molar-refractivity contribution is 7.16. The summed E-state index contributed by atoms with van der Waals surface area (Å²) in [6.45, 7) is 5.72. The van der Waals surface area contributed by atoms with Crippen molar-refractivity contribution in [2.75, 3.05) is 0 Å². The van der Waals surface area contributed by atoms with Crippen LogP contribution in [0, 0.1) is 6.92 Å². The van der Waals surface area contributed by atoms with Crippen LogP contribution < -0.4 is 16.0 Å². The predicted molar refractivity (Wildman–Crippen MR) is 81.3 cm³/mol. The topological polar surface area (TPSA) is 100 Å². The van der Waals surface area contributed by atoms with Crippen LogP contribution in [0.1, 0.15) is 24.5 Å². The SMILES string of the molecule is CC1=C(C(=O)NCc2cn3nc(C)sc3n2)[C@H](C)NC(=O)N1. The molecule has 3 N–H and O–H groups in total. The summed E-state index contributed by atoms with van der Waals surface area (Å²) in [6, 6.07) is -0.624. The summed E-state index contributed by atoms with van der Waals surface area (Å²) in [7, 11) is 0. The number of carbonyl (C=O) groups is 2. The summed E-state index contributed by atoms with van der Waals surface area (Å²) in [5, 5.41) is 13.3. The van der Waals surface area contributed by atoms with Gasteiger partial charge in [-0.25, -0.2) is 14.3 Å². The number of aryl methyl sites for hydroxylation is 1. The number of aromatic nitrogens is 3. The molecule has 2 aromatic heterocycles. The van der Waals surface area contributed by atoms with Crippen molar-refractivity contribution in [1.82, 2.24) is 30.5 Å². The lowest BCUT2D eigenvalue weighted by atomic mass is 10.0. The molecule has 0 bridgehead atoms. The van der Waals surface area contributed by atoms with E-state index in [2.05, 4.69) is 26.0 Å². The number of allylic oxidation sites excluding steroid dienone is 1. The summed E-state index contributed by atoms with van der Waals surface area (Å²) < 4.78 is 1.71. The molecule has 3 amide bonds. The van der Waals surface area contributed by atoms with E-state index in [1.807, 2.05) is 6.92 Å². The Morgan fingerprint density at radius 3 is 2.95 bits per heavy atom. The molecule has 1 aliphatic heterocycles. The summed E-state index contributed by atoms with van der Waals surface area (Å²) in [5.74, 6) is -0.224. The van der Waals surface area contributed by atoms with E-state index in [0.717, 1.165) is 15.7 Å². The van der Waals surface area contributed by atoms with Crippen molar-refractivity contribution in [2.24, 2.45) is 0 Å². The zero-order valence-electron chi connectivity index (χ0n) is 12.4. The molecule has 1 aliphatic rings. The van der Waals surface area contributed by atoms with Crippen molar-refractivity contribution in [3.05, 3.63) is 28.2 Å². The summed E-state index contributed by atoms with van der Waals surface area (Å²) in [6.07, 6.45) is 1.80. The highest BCUT2D eigenvalue weighted by Gasteiger charge is 2.26. The molecule has 0 spiro atoms. The van der Waals surface area contributed by atoms with Gasteiger partial charge >= 0.3 is 6.03 Å². The fourth-order valence-electron chi connectivity index (χ4n) is 2.43. The molecule has 9 heteroatoms. The van der Waals surface area contributed by atoms with Crippen LogP contribution >= 0.6 is 11.3 Å². The summed E-state index contributed by atoms with van der Waals surface area (Å²) in [4.78, 5) is 28.8. The fourth-order valence-corrected chi connectivity index (χ4v) is 3.17. The number of nitrogens with one attached hydrogen (secondary N) is 3. The van der Waals surface area contributed by atoms with Crippen LogP contribution in [0.25, 0.3) is 4.96 Å². The molecule has 22 heavy (non-hydrogen) atoms. The van der Waals surface area contributed by atoms with Gasteiger partial charge in [0.15, 0.2) is 0 Å². The van der Waals surface area contributed by atoms with E-state index in [0.29, 0.717) is 17.8 Å². The van der Waals surface area contributed by atoms with Crippen molar-refractivity contribution in [3.8, 4) is 0 Å². The molecule has 116 valence electrons. The van der Waals surface area contributed by atoms with E-state index in [1.165, 1.54) is 11.3 Å². The highest BCUT2D eigenvalue weighted by Crippen LogP contribution is 2.14. The molecule has 8 nitrogen and oxygen atoms in total. The van der Waals surface area contributed by atoms with E-state index in [1.54, 1.807) is 24.6 Å². The van der Waals surface area contributed by atoms with Crippen LogP contribution in [0.15, 0.2) is 17.5 Å². The van der Waals surface area contributed by atoms with Gasteiger partial charge in [-0.05, 0) is 20.8 Å². The molecule has 0 saturated carbocycles. The van der Waals surface area contributed by atoms with Gasteiger partial charge in [0.2, 0.25) is 4.96 Å². The van der Waals surface area contributed by atoms with Crippen molar-refractivity contribution < 1.29 is 9.59 Å². The molecule has 3 rings (SSSR count). The molecule has 2 aromatic rings. The summed E-state index contributed by atoms with van der Waals surface area (Å²) >= 11 is 1.50. The molecule has 3 heterocycles. The number of nitrogens with zero attached hydrogens (tertiary/aromatic N) is 3. The van der Waals surface area contributed by atoms with Crippen LogP contribution in [0.5, 0.6) is 0 Å². The first-order valence-corrected chi connectivity index (χ1v) is 7.64. The van der Waals surface area contributed by atoms with Crippen LogP contribution in [-0.4, -0.2) is 32.6 Å². The Labute approximate surface area is 130 Å². The summed E-state index contributed by atoms with van der Waals surface area (Å²) in [5.41, 5.74) is 1.83. The Morgan fingerprint density at radius 2 is 2.27 bits per heavy atom. The maximum Gasteiger partial charge on any atom is 0.319 e. The maximum atomic E-state index is 12.3. The minimum absolute atomic E-state index is 0.224. The van der Waals surface area contributed by atoms with Crippen LogP contribution in [0.2, 0.25) is 0 Å². The minimum Gasteiger partial charge on any atom is -0.346 e. The quantitative estimate of drug-likeness (QED) is 0.774. The number of carbonyl (C=O) groups excluding carboxylic acids is 2. The molecule has 0 aromatic carbocycles. The monoisotopic (exact) mass is 320 g/mol. The normalized spacial score (nSPS) is 18.3. The van der Waals surface area contributed by atoms with E-state index >= 15 is 0 Å². The van der Waals surface area contributed by atoms with Crippen LogP contribution in [0.4, 0.5) is 4.79 Å². The van der Waals surface area contributed by atoms with Crippen LogP contribution in [0.3, 0.4) is 0 Å².